The van der Waals surface area contributed by atoms with Gasteiger partial charge in [-0.3, -0.25) is 4.79 Å². The summed E-state index contributed by atoms with van der Waals surface area (Å²) in [6.45, 7) is 0. The molecule has 0 aromatic heterocycles. The minimum Gasteiger partial charge on any atom is -0.504 e. The quantitative estimate of drug-likeness (QED) is 0.736. The summed E-state index contributed by atoms with van der Waals surface area (Å²) in [4.78, 5) is 12.3. The first-order valence-electron chi connectivity index (χ1n) is 9.46. The largest absolute Gasteiger partial charge is 0.504 e. The smallest absolute Gasteiger partial charge is 0.224 e. The Morgan fingerprint density at radius 2 is 2.00 bits per heavy atom. The highest BCUT2D eigenvalue weighted by atomic mass is 16.5. The van der Waals surface area contributed by atoms with Crippen molar-refractivity contribution in [3.8, 4) is 11.5 Å². The van der Waals surface area contributed by atoms with E-state index in [2.05, 4.69) is 17.5 Å². The molecule has 0 atom stereocenters. The van der Waals surface area contributed by atoms with Gasteiger partial charge in [-0.1, -0.05) is 18.2 Å². The third kappa shape index (κ3) is 5.52. The van der Waals surface area contributed by atoms with Gasteiger partial charge < -0.3 is 15.2 Å². The lowest BCUT2D eigenvalue weighted by Gasteiger charge is -2.27. The average Bonchev–Trinajstić information content (AvgIpc) is 3.42. The van der Waals surface area contributed by atoms with Gasteiger partial charge in [0.25, 0.3) is 0 Å². The zero-order valence-corrected chi connectivity index (χ0v) is 15.0. The summed E-state index contributed by atoms with van der Waals surface area (Å²) in [7, 11) is 1.51. The lowest BCUT2D eigenvalue weighted by atomic mass is 9.85. The van der Waals surface area contributed by atoms with Gasteiger partial charge in [-0.2, -0.15) is 0 Å². The van der Waals surface area contributed by atoms with Crippen LogP contribution in [-0.2, 0) is 11.2 Å². The Kier molecular flexibility index (Phi) is 6.00. The van der Waals surface area contributed by atoms with E-state index >= 15 is 0 Å². The first kappa shape index (κ1) is 17.8. The number of amides is 1. The molecular formula is C21H29NO3. The Morgan fingerprint density at radius 1 is 1.24 bits per heavy atom. The standard InChI is InChI=1S/C21H29NO3/c1-25-20-13-17(9-12-19(20)23)14-21(24)22-18-10-7-16(8-11-18)4-2-3-15-5-6-15/h2,4,9,12-13,15-16,18,23H,3,5-8,10-11,14H2,1H3,(H,22,24)/b4-2+/t16-,18+. The van der Waals surface area contributed by atoms with Crippen molar-refractivity contribution >= 4 is 5.91 Å². The summed E-state index contributed by atoms with van der Waals surface area (Å²) in [6.07, 6.45) is 13.6. The van der Waals surface area contributed by atoms with Crippen LogP contribution >= 0.6 is 0 Å². The number of rotatable bonds is 7. The topological polar surface area (TPSA) is 58.6 Å². The second kappa shape index (κ2) is 8.41. The molecule has 0 bridgehead atoms. The number of carbonyl (C=O) groups is 1. The maximum atomic E-state index is 12.3. The summed E-state index contributed by atoms with van der Waals surface area (Å²) < 4.78 is 5.09. The van der Waals surface area contributed by atoms with Crippen molar-refractivity contribution in [3.05, 3.63) is 35.9 Å². The molecule has 2 fully saturated rings. The number of phenolic OH excluding ortho intramolecular Hbond substituents is 1. The molecule has 4 nitrogen and oxygen atoms in total. The summed E-state index contributed by atoms with van der Waals surface area (Å²) >= 11 is 0. The molecule has 2 N–H and O–H groups in total. The average molecular weight is 343 g/mol. The number of hydrogen-bond donors (Lipinski definition) is 2. The fourth-order valence-electron chi connectivity index (χ4n) is 3.57. The predicted octanol–water partition coefficient (Wildman–Crippen LogP) is 3.97. The van der Waals surface area contributed by atoms with E-state index in [1.807, 2.05) is 0 Å². The van der Waals surface area contributed by atoms with Crippen LogP contribution in [0.4, 0.5) is 0 Å². The SMILES string of the molecule is COc1cc(CC(=O)N[C@H]2CC[C@@H](/C=C/CC3CC3)CC2)ccc1O. The Hall–Kier alpha value is -1.97. The molecule has 1 aromatic carbocycles. The van der Waals surface area contributed by atoms with Crippen LogP contribution < -0.4 is 10.1 Å². The minimum atomic E-state index is 0.0421. The molecule has 2 saturated carbocycles. The molecule has 2 aliphatic carbocycles. The lowest BCUT2D eigenvalue weighted by molar-refractivity contribution is -0.121. The molecule has 136 valence electrons. The van der Waals surface area contributed by atoms with E-state index in [4.69, 9.17) is 4.74 Å². The fraction of sp³-hybridized carbons (Fsp3) is 0.571. The molecule has 0 heterocycles. The number of phenols is 1. The summed E-state index contributed by atoms with van der Waals surface area (Å²) in [5, 5.41) is 12.8. The van der Waals surface area contributed by atoms with Gasteiger partial charge >= 0.3 is 0 Å². The second-order valence-corrected chi connectivity index (χ2v) is 7.47. The summed E-state index contributed by atoms with van der Waals surface area (Å²) in [6, 6.07) is 5.34. The summed E-state index contributed by atoms with van der Waals surface area (Å²) in [5.41, 5.74) is 0.851. The van der Waals surface area contributed by atoms with Crippen LogP contribution in [0.25, 0.3) is 0 Å². The minimum absolute atomic E-state index is 0.0421. The van der Waals surface area contributed by atoms with Crippen molar-refractivity contribution in [2.75, 3.05) is 7.11 Å². The first-order chi connectivity index (χ1) is 12.1. The van der Waals surface area contributed by atoms with Gasteiger partial charge in [-0.05, 0) is 74.5 Å². The number of aromatic hydroxyl groups is 1. The van der Waals surface area contributed by atoms with Gasteiger partial charge in [0, 0.05) is 6.04 Å². The maximum absolute atomic E-state index is 12.3. The monoisotopic (exact) mass is 343 g/mol. The highest BCUT2D eigenvalue weighted by Gasteiger charge is 2.22. The molecule has 2 aliphatic rings. The van der Waals surface area contributed by atoms with Crippen molar-refractivity contribution in [3.63, 3.8) is 0 Å². The number of methoxy groups -OCH3 is 1. The fourth-order valence-corrected chi connectivity index (χ4v) is 3.57. The van der Waals surface area contributed by atoms with E-state index in [-0.39, 0.29) is 11.7 Å². The first-order valence-corrected chi connectivity index (χ1v) is 9.46. The molecule has 0 spiro atoms. The van der Waals surface area contributed by atoms with Crippen LogP contribution in [0.1, 0.15) is 50.5 Å². The van der Waals surface area contributed by atoms with Crippen LogP contribution in [0.3, 0.4) is 0 Å². The third-order valence-electron chi connectivity index (χ3n) is 5.32. The molecule has 1 amide bonds. The predicted molar refractivity (Wildman–Crippen MR) is 98.7 cm³/mol. The van der Waals surface area contributed by atoms with Gasteiger partial charge in [0.15, 0.2) is 11.5 Å². The highest BCUT2D eigenvalue weighted by Crippen LogP contribution is 2.33. The number of ether oxygens (including phenoxy) is 1. The van der Waals surface area contributed by atoms with Gasteiger partial charge in [-0.25, -0.2) is 0 Å². The molecule has 0 unspecified atom stereocenters. The van der Waals surface area contributed by atoms with Crippen LogP contribution in [0.2, 0.25) is 0 Å². The number of hydrogen-bond acceptors (Lipinski definition) is 3. The van der Waals surface area contributed by atoms with Crippen LogP contribution in [0.5, 0.6) is 11.5 Å². The van der Waals surface area contributed by atoms with Gasteiger partial charge in [0.05, 0.1) is 13.5 Å². The van der Waals surface area contributed by atoms with Crippen molar-refractivity contribution in [2.45, 2.75) is 57.4 Å². The van der Waals surface area contributed by atoms with Crippen LogP contribution in [0, 0.1) is 11.8 Å². The zero-order valence-electron chi connectivity index (χ0n) is 15.0. The lowest BCUT2D eigenvalue weighted by Crippen LogP contribution is -2.38. The number of allylic oxidation sites excluding steroid dienone is 2. The molecule has 0 saturated heterocycles. The van der Waals surface area contributed by atoms with Crippen molar-refractivity contribution in [1.29, 1.82) is 0 Å². The number of nitrogens with one attached hydrogen (secondary N) is 1. The Bertz CT molecular complexity index is 614. The highest BCUT2D eigenvalue weighted by molar-refractivity contribution is 5.79. The number of carbonyl (C=O) groups excluding carboxylic acids is 1. The van der Waals surface area contributed by atoms with E-state index < -0.39 is 0 Å². The van der Waals surface area contributed by atoms with Crippen LogP contribution in [-0.4, -0.2) is 24.2 Å². The Balaban J connectivity index is 1.40. The maximum Gasteiger partial charge on any atom is 0.224 e. The van der Waals surface area contributed by atoms with Crippen molar-refractivity contribution in [2.24, 2.45) is 11.8 Å². The van der Waals surface area contributed by atoms with E-state index in [0.29, 0.717) is 24.1 Å². The van der Waals surface area contributed by atoms with Gasteiger partial charge in [-0.15, -0.1) is 0 Å². The molecular weight excluding hydrogens is 314 g/mol. The molecule has 0 aliphatic heterocycles. The Morgan fingerprint density at radius 3 is 2.68 bits per heavy atom. The van der Waals surface area contributed by atoms with E-state index in [0.717, 1.165) is 24.3 Å². The normalized spacial score (nSPS) is 23.6. The zero-order chi connectivity index (χ0) is 17.6. The summed E-state index contributed by atoms with van der Waals surface area (Å²) in [5.74, 6) is 2.20. The van der Waals surface area contributed by atoms with Crippen molar-refractivity contribution in [1.82, 2.24) is 5.32 Å². The molecule has 1 aromatic rings. The second-order valence-electron chi connectivity index (χ2n) is 7.47. The van der Waals surface area contributed by atoms with Crippen LogP contribution in [0.15, 0.2) is 30.4 Å². The van der Waals surface area contributed by atoms with E-state index in [9.17, 15) is 9.90 Å². The molecule has 3 rings (SSSR count). The van der Waals surface area contributed by atoms with E-state index in [1.54, 1.807) is 18.2 Å². The van der Waals surface area contributed by atoms with Gasteiger partial charge in [0.1, 0.15) is 0 Å². The molecule has 4 heteroatoms. The number of benzene rings is 1. The molecule has 0 radical (unpaired) electrons. The van der Waals surface area contributed by atoms with Crippen molar-refractivity contribution < 1.29 is 14.6 Å². The molecule has 25 heavy (non-hydrogen) atoms. The Labute approximate surface area is 150 Å². The van der Waals surface area contributed by atoms with Gasteiger partial charge in [0.2, 0.25) is 5.91 Å². The van der Waals surface area contributed by atoms with E-state index in [1.165, 1.54) is 39.2 Å². The third-order valence-corrected chi connectivity index (χ3v) is 5.32.